The first-order chi connectivity index (χ1) is 10.7. The fourth-order valence-electron chi connectivity index (χ4n) is 2.33. The highest BCUT2D eigenvalue weighted by Crippen LogP contribution is 2.30. The first kappa shape index (κ1) is 17.5. The van der Waals surface area contributed by atoms with E-state index in [1.807, 2.05) is 14.0 Å². The lowest BCUT2D eigenvalue weighted by atomic mass is 10.1. The number of hydrogen-bond donors (Lipinski definition) is 0. The first-order valence-electron chi connectivity index (χ1n) is 7.16. The number of ether oxygens (including phenoxy) is 1. The summed E-state index contributed by atoms with van der Waals surface area (Å²) in [4.78, 5) is 16.1. The molecule has 0 saturated carbocycles. The predicted molar refractivity (Wildman–Crippen MR) is 76.0 cm³/mol. The number of carbonyl (C=O) groups excluding carboxylic acids is 1. The Hall–Kier alpha value is -1.83. The van der Waals surface area contributed by atoms with Gasteiger partial charge in [-0.25, -0.2) is 0 Å². The number of piperazine rings is 1. The van der Waals surface area contributed by atoms with Crippen LogP contribution in [0.25, 0.3) is 0 Å². The number of hydrogen-bond acceptors (Lipinski definition) is 3. The Morgan fingerprint density at radius 1 is 1.30 bits per heavy atom. The van der Waals surface area contributed by atoms with Gasteiger partial charge >= 0.3 is 12.5 Å². The number of benzene rings is 1. The van der Waals surface area contributed by atoms with Gasteiger partial charge in [-0.1, -0.05) is 12.1 Å². The molecule has 0 radical (unpaired) electrons. The molecule has 0 N–H and O–H groups in total. The van der Waals surface area contributed by atoms with E-state index in [-0.39, 0.29) is 11.6 Å². The number of likely N-dealkylation sites (N-methyl/N-ethyl adjacent to an activating group) is 1. The molecule has 0 aliphatic carbocycles. The lowest BCUT2D eigenvalue weighted by Crippen LogP contribution is -2.52. The van der Waals surface area contributed by atoms with Gasteiger partial charge in [0.2, 0.25) is 0 Å². The summed E-state index contributed by atoms with van der Waals surface area (Å²) in [6.45, 7) is 3.43. The molecule has 2 rings (SSSR count). The summed E-state index contributed by atoms with van der Waals surface area (Å²) < 4.78 is 55.0. The van der Waals surface area contributed by atoms with E-state index in [2.05, 4.69) is 9.64 Å². The van der Waals surface area contributed by atoms with Crippen molar-refractivity contribution in [1.82, 2.24) is 9.80 Å². The standard InChI is InChI=1S/C15H18F4N2O2/c1-10-9-21(8-7-20(10)2)13(22)11-5-3-4-6-12(11)23-15(18,19)14(16)17/h3-6,10,14H,7-9H2,1-2H3/t10-/m1/s1. The number of rotatable bonds is 4. The topological polar surface area (TPSA) is 32.8 Å². The fourth-order valence-corrected chi connectivity index (χ4v) is 2.33. The van der Waals surface area contributed by atoms with Crippen molar-refractivity contribution in [2.24, 2.45) is 0 Å². The van der Waals surface area contributed by atoms with Crippen LogP contribution < -0.4 is 4.74 Å². The molecule has 8 heteroatoms. The third-order valence-corrected chi connectivity index (χ3v) is 3.86. The average Bonchev–Trinajstić information content (AvgIpc) is 2.49. The van der Waals surface area contributed by atoms with Crippen molar-refractivity contribution in [3.8, 4) is 5.75 Å². The zero-order chi connectivity index (χ0) is 17.2. The Morgan fingerprint density at radius 2 is 1.96 bits per heavy atom. The van der Waals surface area contributed by atoms with Crippen LogP contribution in [0.1, 0.15) is 17.3 Å². The second-order valence-corrected chi connectivity index (χ2v) is 5.54. The molecule has 1 aromatic rings. The normalized spacial score (nSPS) is 20.0. The molecule has 23 heavy (non-hydrogen) atoms. The van der Waals surface area contributed by atoms with Gasteiger partial charge in [0.1, 0.15) is 5.75 Å². The molecular formula is C15H18F4N2O2. The number of nitrogens with zero attached hydrogens (tertiary/aromatic N) is 2. The quantitative estimate of drug-likeness (QED) is 0.794. The van der Waals surface area contributed by atoms with Gasteiger partial charge in [0.25, 0.3) is 5.91 Å². The minimum absolute atomic E-state index is 0.114. The van der Waals surface area contributed by atoms with E-state index in [4.69, 9.17) is 0 Å². The highest BCUT2D eigenvalue weighted by Gasteiger charge is 2.44. The molecule has 1 heterocycles. The lowest BCUT2D eigenvalue weighted by Gasteiger charge is -2.37. The number of halogens is 4. The van der Waals surface area contributed by atoms with Crippen LogP contribution >= 0.6 is 0 Å². The summed E-state index contributed by atoms with van der Waals surface area (Å²) >= 11 is 0. The van der Waals surface area contributed by atoms with E-state index < -0.39 is 24.2 Å². The number of alkyl halides is 4. The van der Waals surface area contributed by atoms with E-state index >= 15 is 0 Å². The summed E-state index contributed by atoms with van der Waals surface area (Å²) in [5.41, 5.74) is -0.149. The van der Waals surface area contributed by atoms with Crippen molar-refractivity contribution in [2.75, 3.05) is 26.7 Å². The van der Waals surface area contributed by atoms with Crippen LogP contribution in [-0.2, 0) is 0 Å². The largest absolute Gasteiger partial charge is 0.461 e. The maximum absolute atomic E-state index is 13.1. The summed E-state index contributed by atoms with van der Waals surface area (Å²) in [5, 5.41) is 0. The van der Waals surface area contributed by atoms with E-state index in [1.165, 1.54) is 23.1 Å². The van der Waals surface area contributed by atoms with Gasteiger partial charge in [-0.05, 0) is 26.1 Å². The van der Waals surface area contributed by atoms with Crippen LogP contribution in [0.4, 0.5) is 17.6 Å². The summed E-state index contributed by atoms with van der Waals surface area (Å²) in [7, 11) is 1.92. The second-order valence-electron chi connectivity index (χ2n) is 5.54. The van der Waals surface area contributed by atoms with Crippen molar-refractivity contribution in [3.63, 3.8) is 0 Å². The fraction of sp³-hybridized carbons (Fsp3) is 0.533. The Labute approximate surface area is 131 Å². The smallest absolute Gasteiger partial charge is 0.427 e. The van der Waals surface area contributed by atoms with Crippen molar-refractivity contribution in [2.45, 2.75) is 25.5 Å². The molecule has 1 aliphatic rings. The zero-order valence-electron chi connectivity index (χ0n) is 12.8. The monoisotopic (exact) mass is 334 g/mol. The van der Waals surface area contributed by atoms with Crippen LogP contribution in [0.5, 0.6) is 5.75 Å². The van der Waals surface area contributed by atoms with Crippen LogP contribution in [0.2, 0.25) is 0 Å². The Morgan fingerprint density at radius 3 is 2.57 bits per heavy atom. The van der Waals surface area contributed by atoms with Crippen LogP contribution in [-0.4, -0.2) is 61.0 Å². The van der Waals surface area contributed by atoms with Crippen LogP contribution in [0.3, 0.4) is 0 Å². The molecular weight excluding hydrogens is 316 g/mol. The molecule has 4 nitrogen and oxygen atoms in total. The number of carbonyl (C=O) groups is 1. The molecule has 1 saturated heterocycles. The summed E-state index contributed by atoms with van der Waals surface area (Å²) in [6, 6.07) is 5.31. The van der Waals surface area contributed by atoms with Gasteiger partial charge in [0.05, 0.1) is 5.56 Å². The highest BCUT2D eigenvalue weighted by molar-refractivity contribution is 5.97. The maximum atomic E-state index is 13.1. The van der Waals surface area contributed by atoms with E-state index in [0.29, 0.717) is 19.6 Å². The molecule has 1 amide bonds. The second kappa shape index (κ2) is 6.74. The first-order valence-corrected chi connectivity index (χ1v) is 7.16. The van der Waals surface area contributed by atoms with Gasteiger partial charge in [-0.2, -0.15) is 17.6 Å². The van der Waals surface area contributed by atoms with Crippen molar-refractivity contribution >= 4 is 5.91 Å². The predicted octanol–water partition coefficient (Wildman–Crippen LogP) is 2.70. The molecule has 1 aliphatic heterocycles. The number of amides is 1. The van der Waals surface area contributed by atoms with Crippen molar-refractivity contribution in [3.05, 3.63) is 29.8 Å². The molecule has 128 valence electrons. The van der Waals surface area contributed by atoms with Gasteiger partial charge in [0, 0.05) is 25.7 Å². The van der Waals surface area contributed by atoms with E-state index in [0.717, 1.165) is 6.07 Å². The summed E-state index contributed by atoms with van der Waals surface area (Å²) in [5.74, 6) is -1.06. The van der Waals surface area contributed by atoms with Crippen molar-refractivity contribution < 1.29 is 27.1 Å². The number of para-hydroxylation sites is 1. The van der Waals surface area contributed by atoms with Gasteiger partial charge < -0.3 is 14.5 Å². The van der Waals surface area contributed by atoms with Gasteiger partial charge in [0.15, 0.2) is 0 Å². The third kappa shape index (κ3) is 3.93. The Kier molecular flexibility index (Phi) is 5.13. The Bertz CT molecular complexity index is 568. The maximum Gasteiger partial charge on any atom is 0.461 e. The minimum atomic E-state index is -4.65. The van der Waals surface area contributed by atoms with Gasteiger partial charge in [-0.3, -0.25) is 4.79 Å². The summed E-state index contributed by atoms with van der Waals surface area (Å²) in [6.07, 6.45) is -8.62. The van der Waals surface area contributed by atoms with E-state index in [9.17, 15) is 22.4 Å². The molecule has 0 bridgehead atoms. The Balaban J connectivity index is 2.21. The average molecular weight is 334 g/mol. The molecule has 1 atom stereocenters. The molecule has 0 unspecified atom stereocenters. The van der Waals surface area contributed by atoms with Crippen molar-refractivity contribution in [1.29, 1.82) is 0 Å². The lowest BCUT2D eigenvalue weighted by molar-refractivity contribution is -0.253. The minimum Gasteiger partial charge on any atom is -0.427 e. The molecule has 1 aromatic carbocycles. The molecule has 0 aromatic heterocycles. The van der Waals surface area contributed by atoms with Crippen LogP contribution in [0.15, 0.2) is 24.3 Å². The zero-order valence-corrected chi connectivity index (χ0v) is 12.8. The highest BCUT2D eigenvalue weighted by atomic mass is 19.3. The molecule has 1 fully saturated rings. The van der Waals surface area contributed by atoms with Crippen LogP contribution in [0, 0.1) is 0 Å². The van der Waals surface area contributed by atoms with Gasteiger partial charge in [-0.15, -0.1) is 0 Å². The molecule has 0 spiro atoms. The SMILES string of the molecule is C[C@@H]1CN(C(=O)c2ccccc2OC(F)(F)C(F)F)CCN1C. The third-order valence-electron chi connectivity index (χ3n) is 3.86. The van der Waals surface area contributed by atoms with E-state index in [1.54, 1.807) is 0 Å².